The van der Waals surface area contributed by atoms with E-state index in [-0.39, 0.29) is 28.5 Å². The number of fused-ring (bicyclic) bond motifs is 1. The quantitative estimate of drug-likeness (QED) is 0.170. The molecule has 0 aliphatic heterocycles. The third kappa shape index (κ3) is 7.45. The number of benzene rings is 2. The van der Waals surface area contributed by atoms with E-state index in [1.807, 2.05) is 18.6 Å². The lowest BCUT2D eigenvalue weighted by Crippen LogP contribution is -2.44. The molecule has 238 valence electrons. The summed E-state index contributed by atoms with van der Waals surface area (Å²) in [5.74, 6) is 0.374. The second-order valence-corrected chi connectivity index (χ2v) is 14.0. The number of hydrogen-bond acceptors (Lipinski definition) is 10. The van der Waals surface area contributed by atoms with Crippen LogP contribution in [0.4, 0.5) is 13.2 Å². The van der Waals surface area contributed by atoms with Crippen LogP contribution in [0.1, 0.15) is 52.6 Å². The molecule has 0 aliphatic rings. The Hall–Kier alpha value is -3.40. The molecule has 4 rings (SSSR count). The number of nitrogens with one attached hydrogen (secondary N) is 1. The first-order chi connectivity index (χ1) is 20.5. The minimum atomic E-state index is -4.74. The van der Waals surface area contributed by atoms with E-state index < -0.39 is 39.9 Å². The van der Waals surface area contributed by atoms with E-state index in [9.17, 15) is 26.4 Å². The Labute approximate surface area is 257 Å². The maximum atomic E-state index is 13.5. The van der Waals surface area contributed by atoms with Gasteiger partial charge in [0.05, 0.1) is 27.5 Å². The Morgan fingerprint density at radius 2 is 1.70 bits per heavy atom. The molecule has 0 fully saturated rings. The van der Waals surface area contributed by atoms with Crippen molar-refractivity contribution in [2.24, 2.45) is 0 Å². The van der Waals surface area contributed by atoms with Gasteiger partial charge in [-0.05, 0) is 45.6 Å². The molecule has 0 radical (unpaired) electrons. The number of carbonyl (C=O) groups excluding carboxylic acids is 1. The topological polar surface area (TPSA) is 134 Å². The highest BCUT2D eigenvalue weighted by atomic mass is 32.2. The van der Waals surface area contributed by atoms with E-state index in [1.54, 1.807) is 51.3 Å². The van der Waals surface area contributed by atoms with Crippen molar-refractivity contribution < 1.29 is 40.3 Å². The van der Waals surface area contributed by atoms with Crippen molar-refractivity contribution in [3.8, 4) is 21.3 Å². The maximum Gasteiger partial charge on any atom is 0.404 e. The van der Waals surface area contributed by atoms with Crippen LogP contribution in [-0.2, 0) is 37.1 Å². The summed E-state index contributed by atoms with van der Waals surface area (Å²) in [5.41, 5.74) is -0.275. The summed E-state index contributed by atoms with van der Waals surface area (Å²) in [6, 6.07) is 7.22. The molecule has 1 atom stereocenters. The highest BCUT2D eigenvalue weighted by Gasteiger charge is 2.41. The number of hydrogen-bond donors (Lipinski definition) is 1. The first kappa shape index (κ1) is 33.5. The monoisotopic (exact) mass is 654 g/mol. The zero-order valence-electron chi connectivity index (χ0n) is 25.0. The van der Waals surface area contributed by atoms with Gasteiger partial charge in [0.2, 0.25) is 15.9 Å². The van der Waals surface area contributed by atoms with E-state index >= 15 is 0 Å². The first-order valence-electron chi connectivity index (χ1n) is 13.6. The fourth-order valence-corrected chi connectivity index (χ4v) is 7.09. The Kier molecular flexibility index (Phi) is 9.54. The lowest BCUT2D eigenvalue weighted by Gasteiger charge is -2.22. The number of halogens is 3. The number of alkyl halides is 3. The van der Waals surface area contributed by atoms with E-state index in [0.29, 0.717) is 39.4 Å². The number of methoxy groups -OCH3 is 1. The zero-order chi connectivity index (χ0) is 32.5. The molecule has 0 unspecified atom stereocenters. The van der Waals surface area contributed by atoms with Gasteiger partial charge in [0.1, 0.15) is 11.6 Å². The van der Waals surface area contributed by atoms with Gasteiger partial charge in [0.15, 0.2) is 5.01 Å². The summed E-state index contributed by atoms with van der Waals surface area (Å²) >= 11 is 1.24. The van der Waals surface area contributed by atoms with Crippen LogP contribution in [0.5, 0.6) is 0 Å². The Balaban J connectivity index is 1.83. The predicted octanol–water partition coefficient (Wildman–Crippen LogP) is 6.09. The van der Waals surface area contributed by atoms with E-state index in [2.05, 4.69) is 10.2 Å². The van der Waals surface area contributed by atoms with Gasteiger partial charge >= 0.3 is 6.18 Å². The van der Waals surface area contributed by atoms with Crippen LogP contribution < -0.4 is 4.72 Å². The second kappa shape index (κ2) is 12.5. The summed E-state index contributed by atoms with van der Waals surface area (Å²) < 4.78 is 85.2. The van der Waals surface area contributed by atoms with Crippen molar-refractivity contribution >= 4 is 38.6 Å². The summed E-state index contributed by atoms with van der Waals surface area (Å²) in [4.78, 5) is 16.0. The predicted molar refractivity (Wildman–Crippen MR) is 159 cm³/mol. The minimum Gasteiger partial charge on any atom is -0.461 e. The zero-order valence-corrected chi connectivity index (χ0v) is 26.6. The largest absolute Gasteiger partial charge is 0.461 e. The number of thiazole rings is 1. The van der Waals surface area contributed by atoms with Crippen molar-refractivity contribution in [3.05, 3.63) is 48.0 Å². The fraction of sp³-hybridized carbons (Fsp3) is 0.448. The molecule has 2 aromatic heterocycles. The van der Waals surface area contributed by atoms with Crippen LogP contribution in [0.15, 0.2) is 45.7 Å². The number of rotatable bonds is 13. The van der Waals surface area contributed by atoms with Gasteiger partial charge in [-0.15, -0.1) is 21.5 Å². The molecule has 2 heterocycles. The SMILES string of the molecule is CC[C@H](NS(=O)(=O)c1ccc(-c2sc(-c3nnc(CC(C)(C)OC=O)o3)nc2CC(C)(C)OC)c2ccccc12)C(F)(F)F. The van der Waals surface area contributed by atoms with Crippen molar-refractivity contribution in [1.82, 2.24) is 19.9 Å². The normalized spacial score (nSPS) is 13.8. The summed E-state index contributed by atoms with van der Waals surface area (Å²) in [6.45, 7) is 8.80. The minimum absolute atomic E-state index is 0.139. The molecule has 44 heavy (non-hydrogen) atoms. The second-order valence-electron chi connectivity index (χ2n) is 11.4. The van der Waals surface area contributed by atoms with E-state index in [0.717, 1.165) is 0 Å². The van der Waals surface area contributed by atoms with E-state index in [4.69, 9.17) is 18.9 Å². The first-order valence-corrected chi connectivity index (χ1v) is 15.9. The summed E-state index contributed by atoms with van der Waals surface area (Å²) in [5, 5.41) is 9.36. The van der Waals surface area contributed by atoms with Gasteiger partial charge in [-0.3, -0.25) is 4.79 Å². The average molecular weight is 655 g/mol. The van der Waals surface area contributed by atoms with Gasteiger partial charge < -0.3 is 13.9 Å². The van der Waals surface area contributed by atoms with Crippen LogP contribution in [-0.4, -0.2) is 60.6 Å². The van der Waals surface area contributed by atoms with Gasteiger partial charge in [-0.25, -0.2) is 13.4 Å². The molecule has 0 saturated heterocycles. The van der Waals surface area contributed by atoms with Crippen molar-refractivity contribution in [3.63, 3.8) is 0 Å². The van der Waals surface area contributed by atoms with Crippen LogP contribution >= 0.6 is 11.3 Å². The number of sulfonamides is 1. The molecule has 0 amide bonds. The molecule has 10 nitrogen and oxygen atoms in total. The van der Waals surface area contributed by atoms with Gasteiger partial charge in [-0.2, -0.15) is 17.9 Å². The lowest BCUT2D eigenvalue weighted by atomic mass is 9.97. The molecule has 1 N–H and O–H groups in total. The summed E-state index contributed by atoms with van der Waals surface area (Å²) in [6.07, 6.45) is -4.68. The molecular weight excluding hydrogens is 621 g/mol. The molecule has 0 aliphatic carbocycles. The number of ether oxygens (including phenoxy) is 2. The molecule has 0 bridgehead atoms. The Bertz CT molecular complexity index is 1750. The van der Waals surface area contributed by atoms with Crippen molar-refractivity contribution in [1.29, 1.82) is 0 Å². The standard InChI is InChI=1S/C29H33F3N4O6S2/c1-7-22(29(30,31)32)36-44(38,39)21-13-12-19(17-10-8-9-11-18(17)21)24-20(14-27(2,3)40-6)33-26(43-24)25-35-34-23(42-25)15-28(4,5)41-16-37/h8-13,16,22,36H,7,14-15H2,1-6H3/t22-/m0/s1. The van der Waals surface area contributed by atoms with Crippen molar-refractivity contribution in [2.45, 2.75) is 82.2 Å². The molecule has 0 saturated carbocycles. The average Bonchev–Trinajstić information content (AvgIpc) is 3.56. The smallest absolute Gasteiger partial charge is 0.404 e. The third-order valence-corrected chi connectivity index (χ3v) is 9.60. The van der Waals surface area contributed by atoms with Gasteiger partial charge in [0.25, 0.3) is 12.4 Å². The molecule has 0 spiro atoms. The van der Waals surface area contributed by atoms with Crippen LogP contribution in [0.3, 0.4) is 0 Å². The van der Waals surface area contributed by atoms with Gasteiger partial charge in [0, 0.05) is 24.5 Å². The fourth-order valence-electron chi connectivity index (χ4n) is 4.53. The van der Waals surface area contributed by atoms with Crippen molar-refractivity contribution in [2.75, 3.05) is 7.11 Å². The van der Waals surface area contributed by atoms with Gasteiger partial charge in [-0.1, -0.05) is 37.3 Å². The molecule has 2 aromatic carbocycles. The Morgan fingerprint density at radius 3 is 2.32 bits per heavy atom. The van der Waals surface area contributed by atoms with E-state index in [1.165, 1.54) is 24.3 Å². The molecule has 4 aromatic rings. The number of aromatic nitrogens is 3. The lowest BCUT2D eigenvalue weighted by molar-refractivity contribution is -0.151. The number of nitrogens with zero attached hydrogens (tertiary/aromatic N) is 3. The van der Waals surface area contributed by atoms with Crippen LogP contribution in [0, 0.1) is 0 Å². The number of carbonyl (C=O) groups is 1. The Morgan fingerprint density at radius 1 is 1.02 bits per heavy atom. The summed E-state index contributed by atoms with van der Waals surface area (Å²) in [7, 11) is -2.97. The highest BCUT2D eigenvalue weighted by Crippen LogP contribution is 2.41. The van der Waals surface area contributed by atoms with Crippen LogP contribution in [0.2, 0.25) is 0 Å². The highest BCUT2D eigenvalue weighted by molar-refractivity contribution is 7.89. The van der Waals surface area contributed by atoms with Crippen LogP contribution in [0.25, 0.3) is 32.1 Å². The molecular formula is C29H33F3N4O6S2. The third-order valence-electron chi connectivity index (χ3n) is 6.96. The molecule has 15 heteroatoms. The maximum absolute atomic E-state index is 13.5.